The van der Waals surface area contributed by atoms with Crippen molar-refractivity contribution in [2.45, 2.75) is 57.7 Å². The van der Waals surface area contributed by atoms with E-state index in [4.69, 9.17) is 0 Å². The smallest absolute Gasteiger partial charge is 0.380 e. The number of aromatic nitrogens is 2. The topological polar surface area (TPSA) is 52.1 Å². The molecule has 3 rings (SSSR count). The Kier molecular flexibility index (Phi) is 5.19. The maximum atomic E-state index is 13.4. The number of nitrogens with zero attached hydrogens (tertiary/aromatic N) is 2. The van der Waals surface area contributed by atoms with Crippen molar-refractivity contribution in [1.29, 1.82) is 0 Å². The van der Waals surface area contributed by atoms with Gasteiger partial charge in [-0.3, -0.25) is 0 Å². The highest BCUT2D eigenvalue weighted by atomic mass is 19.4. The first-order valence-electron chi connectivity index (χ1n) is 9.20. The molecule has 2 aromatic rings. The Morgan fingerprint density at radius 2 is 1.88 bits per heavy atom. The molecule has 0 amide bonds. The van der Waals surface area contributed by atoms with Crippen LogP contribution in [0.4, 0.5) is 19.0 Å². The van der Waals surface area contributed by atoms with Crippen LogP contribution in [-0.4, -0.2) is 39.9 Å². The predicted molar refractivity (Wildman–Crippen MR) is 96.3 cm³/mol. The Balaban J connectivity index is 1.86. The van der Waals surface area contributed by atoms with Crippen LogP contribution in [0.2, 0.25) is 0 Å². The summed E-state index contributed by atoms with van der Waals surface area (Å²) in [7, 11) is 0. The SMILES string of the molecule is CC(C)CC(O)(Cc1cc2cc(N3CCCCC3)ncc2[nH]1)C(F)(F)F. The van der Waals surface area contributed by atoms with Gasteiger partial charge in [0, 0.05) is 30.6 Å². The lowest BCUT2D eigenvalue weighted by molar-refractivity contribution is -0.265. The maximum absolute atomic E-state index is 13.4. The van der Waals surface area contributed by atoms with Crippen LogP contribution in [0, 0.1) is 5.92 Å². The quantitative estimate of drug-likeness (QED) is 0.819. The standard InChI is InChI=1S/C19H26F3N3O/c1-13(2)10-18(26,19(20,21)22)11-15-8-14-9-17(23-12-16(14)24-15)25-6-4-3-5-7-25/h8-9,12-13,24,26H,3-7,10-11H2,1-2H3. The molecule has 1 fully saturated rings. The number of piperidine rings is 1. The minimum absolute atomic E-state index is 0.265. The molecule has 26 heavy (non-hydrogen) atoms. The molecule has 1 unspecified atom stereocenters. The van der Waals surface area contributed by atoms with Crippen LogP contribution in [0.15, 0.2) is 18.3 Å². The summed E-state index contributed by atoms with van der Waals surface area (Å²) in [6, 6.07) is 3.61. The molecular formula is C19H26F3N3O. The number of hydrogen-bond donors (Lipinski definition) is 2. The molecule has 0 aliphatic carbocycles. The third kappa shape index (κ3) is 3.98. The van der Waals surface area contributed by atoms with Gasteiger partial charge in [-0.05, 0) is 43.7 Å². The third-order valence-electron chi connectivity index (χ3n) is 4.98. The van der Waals surface area contributed by atoms with Gasteiger partial charge in [-0.15, -0.1) is 0 Å². The van der Waals surface area contributed by atoms with Crippen LogP contribution in [-0.2, 0) is 6.42 Å². The Morgan fingerprint density at radius 3 is 2.50 bits per heavy atom. The lowest BCUT2D eigenvalue weighted by atomic mass is 9.87. The highest BCUT2D eigenvalue weighted by Crippen LogP contribution is 2.38. The average Bonchev–Trinajstić information content (AvgIpc) is 2.94. The summed E-state index contributed by atoms with van der Waals surface area (Å²) in [5.74, 6) is 0.592. The molecule has 3 heterocycles. The molecule has 0 radical (unpaired) electrons. The number of fused-ring (bicyclic) bond motifs is 1. The molecule has 7 heteroatoms. The molecule has 144 valence electrons. The molecular weight excluding hydrogens is 343 g/mol. The van der Waals surface area contributed by atoms with Gasteiger partial charge in [0.2, 0.25) is 0 Å². The van der Waals surface area contributed by atoms with Gasteiger partial charge in [0.1, 0.15) is 5.82 Å². The molecule has 1 saturated heterocycles. The molecule has 1 aliphatic heterocycles. The summed E-state index contributed by atoms with van der Waals surface area (Å²) in [5, 5.41) is 11.1. The van der Waals surface area contributed by atoms with Crippen LogP contribution in [0.3, 0.4) is 0 Å². The van der Waals surface area contributed by atoms with Crippen LogP contribution in [0.5, 0.6) is 0 Å². The van der Waals surface area contributed by atoms with Crippen molar-refractivity contribution in [3.05, 3.63) is 24.0 Å². The average molecular weight is 369 g/mol. The number of rotatable bonds is 5. The number of alkyl halides is 3. The lowest BCUT2D eigenvalue weighted by Gasteiger charge is -2.31. The summed E-state index contributed by atoms with van der Waals surface area (Å²) in [4.78, 5) is 9.64. The molecule has 0 bridgehead atoms. The normalized spacial score (nSPS) is 18.5. The number of nitrogens with one attached hydrogen (secondary N) is 1. The van der Waals surface area contributed by atoms with E-state index in [0.717, 1.165) is 37.1 Å². The van der Waals surface area contributed by atoms with E-state index in [2.05, 4.69) is 14.9 Å². The molecule has 0 aromatic carbocycles. The zero-order valence-electron chi connectivity index (χ0n) is 15.2. The first-order chi connectivity index (χ1) is 12.2. The fourth-order valence-corrected chi connectivity index (χ4v) is 3.75. The van der Waals surface area contributed by atoms with Gasteiger partial charge in [-0.1, -0.05) is 13.8 Å². The lowest BCUT2D eigenvalue weighted by Crippen LogP contribution is -2.48. The molecule has 0 spiro atoms. The van der Waals surface area contributed by atoms with Crippen molar-refractivity contribution in [3.63, 3.8) is 0 Å². The number of hydrogen-bond acceptors (Lipinski definition) is 3. The van der Waals surface area contributed by atoms with E-state index in [0.29, 0.717) is 11.2 Å². The van der Waals surface area contributed by atoms with E-state index in [1.807, 2.05) is 6.07 Å². The van der Waals surface area contributed by atoms with Crippen LogP contribution in [0.25, 0.3) is 10.9 Å². The minimum atomic E-state index is -4.67. The second-order valence-electron chi connectivity index (χ2n) is 7.78. The van der Waals surface area contributed by atoms with Crippen molar-refractivity contribution in [2.24, 2.45) is 5.92 Å². The van der Waals surface area contributed by atoms with Crippen molar-refractivity contribution in [1.82, 2.24) is 9.97 Å². The van der Waals surface area contributed by atoms with Crippen molar-refractivity contribution >= 4 is 16.7 Å². The summed E-state index contributed by atoms with van der Waals surface area (Å²) in [5.41, 5.74) is -1.67. The highest BCUT2D eigenvalue weighted by Gasteiger charge is 2.53. The zero-order chi connectivity index (χ0) is 18.9. The third-order valence-corrected chi connectivity index (χ3v) is 4.98. The summed E-state index contributed by atoms with van der Waals surface area (Å²) < 4.78 is 40.3. The molecule has 0 saturated carbocycles. The fourth-order valence-electron chi connectivity index (χ4n) is 3.75. The van der Waals surface area contributed by atoms with Crippen LogP contribution >= 0.6 is 0 Å². The van der Waals surface area contributed by atoms with Gasteiger partial charge < -0.3 is 15.0 Å². The van der Waals surface area contributed by atoms with Gasteiger partial charge in [0.05, 0.1) is 11.7 Å². The first-order valence-corrected chi connectivity index (χ1v) is 9.20. The molecule has 1 atom stereocenters. The second-order valence-corrected chi connectivity index (χ2v) is 7.78. The first kappa shape index (κ1) is 19.0. The molecule has 2 aromatic heterocycles. The van der Waals surface area contributed by atoms with Gasteiger partial charge in [0.25, 0.3) is 0 Å². The number of aliphatic hydroxyl groups is 1. The summed E-state index contributed by atoms with van der Waals surface area (Å²) in [6.07, 6.45) is -0.341. The fraction of sp³-hybridized carbons (Fsp3) is 0.632. The number of halogens is 3. The van der Waals surface area contributed by atoms with Crippen molar-refractivity contribution < 1.29 is 18.3 Å². The Morgan fingerprint density at radius 1 is 1.19 bits per heavy atom. The number of anilines is 1. The Hall–Kier alpha value is -1.76. The van der Waals surface area contributed by atoms with Gasteiger partial charge in [0.15, 0.2) is 5.60 Å². The minimum Gasteiger partial charge on any atom is -0.380 e. The van der Waals surface area contributed by atoms with Gasteiger partial charge in [-0.2, -0.15) is 13.2 Å². The number of aromatic amines is 1. The van der Waals surface area contributed by atoms with E-state index >= 15 is 0 Å². The zero-order valence-corrected chi connectivity index (χ0v) is 15.2. The molecule has 2 N–H and O–H groups in total. The largest absolute Gasteiger partial charge is 0.417 e. The van der Waals surface area contributed by atoms with E-state index in [1.165, 1.54) is 6.42 Å². The molecule has 4 nitrogen and oxygen atoms in total. The number of pyridine rings is 1. The number of H-pyrrole nitrogens is 1. The maximum Gasteiger partial charge on any atom is 0.417 e. The second kappa shape index (κ2) is 7.10. The van der Waals surface area contributed by atoms with Gasteiger partial charge in [-0.25, -0.2) is 4.98 Å². The Bertz CT molecular complexity index is 750. The summed E-state index contributed by atoms with van der Waals surface area (Å²) in [6.45, 7) is 5.27. The van der Waals surface area contributed by atoms with Crippen molar-refractivity contribution in [2.75, 3.05) is 18.0 Å². The van der Waals surface area contributed by atoms with E-state index in [1.54, 1.807) is 26.1 Å². The van der Waals surface area contributed by atoms with E-state index in [9.17, 15) is 18.3 Å². The molecule has 1 aliphatic rings. The van der Waals surface area contributed by atoms with E-state index < -0.39 is 18.2 Å². The van der Waals surface area contributed by atoms with Crippen LogP contribution in [0.1, 0.15) is 45.2 Å². The monoisotopic (exact) mass is 369 g/mol. The van der Waals surface area contributed by atoms with Crippen molar-refractivity contribution in [3.8, 4) is 0 Å². The van der Waals surface area contributed by atoms with E-state index in [-0.39, 0.29) is 12.3 Å². The van der Waals surface area contributed by atoms with Gasteiger partial charge >= 0.3 is 6.18 Å². The van der Waals surface area contributed by atoms with Crippen LogP contribution < -0.4 is 4.90 Å². The summed E-state index contributed by atoms with van der Waals surface area (Å²) >= 11 is 0. The highest BCUT2D eigenvalue weighted by molar-refractivity contribution is 5.82. The Labute approximate surface area is 151 Å². The predicted octanol–water partition coefficient (Wildman–Crippen LogP) is 4.44.